The van der Waals surface area contributed by atoms with Gasteiger partial charge in [0.25, 0.3) is 5.56 Å². The highest BCUT2D eigenvalue weighted by Crippen LogP contribution is 2.25. The van der Waals surface area contributed by atoms with Gasteiger partial charge in [0.05, 0.1) is 12.8 Å². The third-order valence-corrected chi connectivity index (χ3v) is 4.83. The molecule has 2 aromatic rings. The molecule has 6 heteroatoms. The van der Waals surface area contributed by atoms with Gasteiger partial charge in [-0.05, 0) is 31.4 Å². The van der Waals surface area contributed by atoms with E-state index in [4.69, 9.17) is 4.74 Å². The van der Waals surface area contributed by atoms with Gasteiger partial charge in [-0.25, -0.2) is 0 Å². The van der Waals surface area contributed by atoms with Crippen molar-refractivity contribution in [2.45, 2.75) is 39.5 Å². The summed E-state index contributed by atoms with van der Waals surface area (Å²) in [7, 11) is 0. The maximum absolute atomic E-state index is 12.6. The van der Waals surface area contributed by atoms with E-state index in [2.05, 4.69) is 4.90 Å². The average Bonchev–Trinajstić information content (AvgIpc) is 3.05. The fourth-order valence-electron chi connectivity index (χ4n) is 3.32. The Kier molecular flexibility index (Phi) is 5.40. The molecule has 1 aliphatic rings. The molecule has 1 fully saturated rings. The van der Waals surface area contributed by atoms with E-state index < -0.39 is 5.56 Å². The first-order chi connectivity index (χ1) is 12.5. The summed E-state index contributed by atoms with van der Waals surface area (Å²) in [5.74, 6) is -0.0537. The second kappa shape index (κ2) is 7.73. The van der Waals surface area contributed by atoms with Gasteiger partial charge < -0.3 is 9.84 Å². The average molecular weight is 353 g/mol. The Morgan fingerprint density at radius 1 is 1.35 bits per heavy atom. The number of aromatic hydroxyl groups is 1. The van der Waals surface area contributed by atoms with Crippen LogP contribution < -0.4 is 5.56 Å². The maximum Gasteiger partial charge on any atom is 0.271 e. The van der Waals surface area contributed by atoms with Crippen LogP contribution in [0.1, 0.15) is 29.2 Å². The van der Waals surface area contributed by atoms with Gasteiger partial charge >= 0.3 is 0 Å². The van der Waals surface area contributed by atoms with Gasteiger partial charge in [-0.3, -0.25) is 14.3 Å². The standard InChI is InChI=1S/C20H23N3O3/c1-14-11-22(13-26-14)12-18-15(2)17(10-21)19(24)23(20(18)25)9-8-16-6-4-3-5-7-16/h3-7,14,25H,8-9,11-13H2,1-2H3. The lowest BCUT2D eigenvalue weighted by Gasteiger charge is -2.20. The molecular weight excluding hydrogens is 330 g/mol. The number of hydrogen-bond acceptors (Lipinski definition) is 5. The van der Waals surface area contributed by atoms with Gasteiger partial charge in [0.15, 0.2) is 5.88 Å². The molecule has 136 valence electrons. The minimum atomic E-state index is -0.437. The van der Waals surface area contributed by atoms with Crippen LogP contribution in [0.5, 0.6) is 5.88 Å². The molecule has 0 amide bonds. The molecule has 1 aromatic carbocycles. The molecular formula is C20H23N3O3. The smallest absolute Gasteiger partial charge is 0.271 e. The van der Waals surface area contributed by atoms with Gasteiger partial charge in [0.2, 0.25) is 0 Å². The molecule has 1 aromatic heterocycles. The monoisotopic (exact) mass is 353 g/mol. The molecule has 0 bridgehead atoms. The Hall–Kier alpha value is -2.62. The van der Waals surface area contributed by atoms with E-state index in [1.165, 1.54) is 4.57 Å². The molecule has 3 rings (SSSR count). The summed E-state index contributed by atoms with van der Waals surface area (Å²) in [6.07, 6.45) is 0.739. The van der Waals surface area contributed by atoms with Crippen molar-refractivity contribution >= 4 is 0 Å². The van der Waals surface area contributed by atoms with Crippen molar-refractivity contribution in [1.82, 2.24) is 9.47 Å². The second-order valence-electron chi connectivity index (χ2n) is 6.72. The molecule has 0 radical (unpaired) electrons. The van der Waals surface area contributed by atoms with Crippen LogP contribution in [0.25, 0.3) is 0 Å². The summed E-state index contributed by atoms with van der Waals surface area (Å²) in [6, 6.07) is 11.8. The minimum absolute atomic E-state index is 0.0537. The third kappa shape index (κ3) is 3.64. The third-order valence-electron chi connectivity index (χ3n) is 4.83. The van der Waals surface area contributed by atoms with Crippen molar-refractivity contribution in [1.29, 1.82) is 5.26 Å². The number of hydrogen-bond donors (Lipinski definition) is 1. The second-order valence-corrected chi connectivity index (χ2v) is 6.72. The van der Waals surface area contributed by atoms with E-state index in [9.17, 15) is 15.2 Å². The van der Waals surface area contributed by atoms with Crippen molar-refractivity contribution in [3.8, 4) is 11.9 Å². The zero-order valence-electron chi connectivity index (χ0n) is 15.1. The molecule has 26 heavy (non-hydrogen) atoms. The predicted molar refractivity (Wildman–Crippen MR) is 97.8 cm³/mol. The molecule has 1 unspecified atom stereocenters. The summed E-state index contributed by atoms with van der Waals surface area (Å²) >= 11 is 0. The summed E-state index contributed by atoms with van der Waals surface area (Å²) in [4.78, 5) is 14.7. The van der Waals surface area contributed by atoms with Crippen LogP contribution >= 0.6 is 0 Å². The van der Waals surface area contributed by atoms with Gasteiger partial charge in [-0.15, -0.1) is 0 Å². The highest BCUT2D eigenvalue weighted by atomic mass is 16.5. The molecule has 1 N–H and O–H groups in total. The molecule has 0 aliphatic carbocycles. The zero-order valence-corrected chi connectivity index (χ0v) is 15.1. The van der Waals surface area contributed by atoms with Crippen LogP contribution in [0.15, 0.2) is 35.1 Å². The lowest BCUT2D eigenvalue weighted by Crippen LogP contribution is -2.29. The van der Waals surface area contributed by atoms with E-state index in [1.54, 1.807) is 6.92 Å². The fraction of sp³-hybridized carbons (Fsp3) is 0.400. The Morgan fingerprint density at radius 2 is 2.08 bits per heavy atom. The highest BCUT2D eigenvalue weighted by Gasteiger charge is 2.24. The van der Waals surface area contributed by atoms with Gasteiger partial charge in [0.1, 0.15) is 11.6 Å². The van der Waals surface area contributed by atoms with Crippen LogP contribution in [0.4, 0.5) is 0 Å². The van der Waals surface area contributed by atoms with Crippen LogP contribution in [0, 0.1) is 18.3 Å². The van der Waals surface area contributed by atoms with Gasteiger partial charge in [-0.1, -0.05) is 30.3 Å². The number of aryl methyl sites for hydroxylation is 1. The number of nitrogens with zero attached hydrogens (tertiary/aromatic N) is 3. The van der Waals surface area contributed by atoms with Crippen molar-refractivity contribution in [2.24, 2.45) is 0 Å². The predicted octanol–water partition coefficient (Wildman–Crippen LogP) is 2.15. The Bertz CT molecular complexity index is 884. The van der Waals surface area contributed by atoms with E-state index in [-0.39, 0.29) is 17.5 Å². The van der Waals surface area contributed by atoms with Crippen LogP contribution in [0.2, 0.25) is 0 Å². The first-order valence-electron chi connectivity index (χ1n) is 8.74. The zero-order chi connectivity index (χ0) is 18.7. The van der Waals surface area contributed by atoms with E-state index in [0.29, 0.717) is 37.4 Å². The lowest BCUT2D eigenvalue weighted by molar-refractivity contribution is 0.0967. The van der Waals surface area contributed by atoms with Crippen LogP contribution in [0.3, 0.4) is 0 Å². The molecule has 1 saturated heterocycles. The Balaban J connectivity index is 1.94. The number of nitriles is 1. The molecule has 0 saturated carbocycles. The number of ether oxygens (including phenoxy) is 1. The van der Waals surface area contributed by atoms with Crippen molar-refractivity contribution < 1.29 is 9.84 Å². The molecule has 1 aliphatic heterocycles. The van der Waals surface area contributed by atoms with Gasteiger partial charge in [0, 0.05) is 25.2 Å². The van der Waals surface area contributed by atoms with Crippen molar-refractivity contribution in [3.05, 3.63) is 62.9 Å². The van der Waals surface area contributed by atoms with Crippen molar-refractivity contribution in [2.75, 3.05) is 13.3 Å². The Morgan fingerprint density at radius 3 is 2.69 bits per heavy atom. The van der Waals surface area contributed by atoms with Crippen LogP contribution in [-0.4, -0.2) is 34.0 Å². The number of rotatable bonds is 5. The van der Waals surface area contributed by atoms with E-state index >= 15 is 0 Å². The van der Waals surface area contributed by atoms with E-state index in [1.807, 2.05) is 43.3 Å². The Labute approximate surface area is 152 Å². The molecule has 6 nitrogen and oxygen atoms in total. The largest absolute Gasteiger partial charge is 0.494 e. The van der Waals surface area contributed by atoms with Crippen LogP contribution in [-0.2, 0) is 24.2 Å². The summed E-state index contributed by atoms with van der Waals surface area (Å²) in [5.41, 5.74) is 1.89. The number of aromatic nitrogens is 1. The summed E-state index contributed by atoms with van der Waals surface area (Å²) in [5, 5.41) is 20.2. The summed E-state index contributed by atoms with van der Waals surface area (Å²) < 4.78 is 6.86. The first-order valence-corrected chi connectivity index (χ1v) is 8.74. The topological polar surface area (TPSA) is 78.5 Å². The maximum atomic E-state index is 12.6. The number of benzene rings is 1. The SMILES string of the molecule is Cc1c(CN2COC(C)C2)c(O)n(CCc2ccccc2)c(=O)c1C#N. The molecule has 1 atom stereocenters. The quantitative estimate of drug-likeness (QED) is 0.891. The number of pyridine rings is 1. The van der Waals surface area contributed by atoms with E-state index in [0.717, 1.165) is 12.1 Å². The fourth-order valence-corrected chi connectivity index (χ4v) is 3.32. The normalized spacial score (nSPS) is 17.3. The van der Waals surface area contributed by atoms with Gasteiger partial charge in [-0.2, -0.15) is 5.26 Å². The highest BCUT2D eigenvalue weighted by molar-refractivity contribution is 5.45. The summed E-state index contributed by atoms with van der Waals surface area (Å²) in [6.45, 7) is 5.71. The van der Waals surface area contributed by atoms with Crippen molar-refractivity contribution in [3.63, 3.8) is 0 Å². The first kappa shape index (κ1) is 18.2. The molecule has 2 heterocycles. The minimum Gasteiger partial charge on any atom is -0.494 e. The lowest BCUT2D eigenvalue weighted by atomic mass is 10.0. The molecule has 0 spiro atoms.